The van der Waals surface area contributed by atoms with Crippen LogP contribution in [-0.4, -0.2) is 6.18 Å². The van der Waals surface area contributed by atoms with E-state index in [0.29, 0.717) is 30.5 Å². The Morgan fingerprint density at radius 3 is 1.60 bits per heavy atom. The van der Waals surface area contributed by atoms with Crippen molar-refractivity contribution in [3.8, 4) is 34.1 Å². The van der Waals surface area contributed by atoms with Crippen LogP contribution in [0.15, 0.2) is 66.7 Å². The summed E-state index contributed by atoms with van der Waals surface area (Å²) in [5.74, 6) is -4.13. The number of aryl methyl sites for hydroxylation is 3. The molecule has 0 saturated heterocycles. The summed E-state index contributed by atoms with van der Waals surface area (Å²) in [5.41, 5.74) is 0.221. The van der Waals surface area contributed by atoms with Crippen LogP contribution >= 0.6 is 0 Å². The summed E-state index contributed by atoms with van der Waals surface area (Å²) in [4.78, 5) is 0. The third kappa shape index (κ3) is 6.90. The second kappa shape index (κ2) is 12.0. The summed E-state index contributed by atoms with van der Waals surface area (Å²) in [6, 6.07) is 15.1. The minimum Gasteiger partial charge on any atom is -0.206 e. The van der Waals surface area contributed by atoms with Crippen LogP contribution in [0.4, 0.5) is 35.1 Å². The smallest absolute Gasteiger partial charge is 0.206 e. The Balaban J connectivity index is 1.56. The fourth-order valence-corrected chi connectivity index (χ4v) is 4.37. The van der Waals surface area contributed by atoms with Gasteiger partial charge in [0.15, 0.2) is 0 Å². The third-order valence-electron chi connectivity index (χ3n) is 6.31. The molecule has 0 spiro atoms. The molecule has 0 N–H and O–H groups in total. The van der Waals surface area contributed by atoms with E-state index in [1.54, 1.807) is 6.07 Å². The standard InChI is InChI=1S/C32H22F8/c1-2-3-19-4-6-20(7-5-19)8-9-21-10-11-24(26(33)14-21)22-15-29(36)31(30(37)16-22)23-17-27(34)25(28(35)18-23)12-13-32(38,39)40/h4-7,10-11,14-18H,2-3,8-9H2,1H3. The molecule has 0 aromatic heterocycles. The largest absolute Gasteiger partial charge is 0.458 e. The van der Waals surface area contributed by atoms with E-state index >= 15 is 0 Å². The summed E-state index contributed by atoms with van der Waals surface area (Å²) in [7, 11) is 0. The number of benzene rings is 4. The first kappa shape index (κ1) is 28.9. The number of alkyl halides is 3. The van der Waals surface area contributed by atoms with Crippen molar-refractivity contribution in [2.24, 2.45) is 0 Å². The number of halogens is 8. The second-order valence-corrected chi connectivity index (χ2v) is 9.26. The van der Waals surface area contributed by atoms with Gasteiger partial charge in [-0.15, -0.1) is 0 Å². The van der Waals surface area contributed by atoms with Gasteiger partial charge in [-0.2, -0.15) is 13.2 Å². The highest BCUT2D eigenvalue weighted by Gasteiger charge is 2.24. The topological polar surface area (TPSA) is 0 Å². The lowest BCUT2D eigenvalue weighted by atomic mass is 9.96. The summed E-state index contributed by atoms with van der Waals surface area (Å²) in [5, 5.41) is 0. The molecule has 0 fully saturated rings. The van der Waals surface area contributed by atoms with Crippen molar-refractivity contribution >= 4 is 0 Å². The molecule has 4 aromatic carbocycles. The lowest BCUT2D eigenvalue weighted by molar-refractivity contribution is -0.0696. The minimum absolute atomic E-state index is 0.0767. The summed E-state index contributed by atoms with van der Waals surface area (Å²) in [6.07, 6.45) is -1.71. The van der Waals surface area contributed by atoms with Gasteiger partial charge in [-0.05, 0) is 77.4 Å². The van der Waals surface area contributed by atoms with Gasteiger partial charge >= 0.3 is 6.18 Å². The predicted octanol–water partition coefficient (Wildman–Crippen LogP) is 9.37. The number of hydrogen-bond acceptors (Lipinski definition) is 0. The molecule has 0 aliphatic rings. The van der Waals surface area contributed by atoms with E-state index in [1.807, 2.05) is 12.1 Å². The lowest BCUT2D eigenvalue weighted by Crippen LogP contribution is -2.03. The Hall–Kier alpha value is -4.12. The Labute approximate surface area is 226 Å². The Morgan fingerprint density at radius 1 is 0.575 bits per heavy atom. The molecule has 0 aliphatic carbocycles. The second-order valence-electron chi connectivity index (χ2n) is 9.26. The van der Waals surface area contributed by atoms with Crippen LogP contribution in [0.2, 0.25) is 0 Å². The van der Waals surface area contributed by atoms with Crippen molar-refractivity contribution in [1.29, 1.82) is 0 Å². The van der Waals surface area contributed by atoms with Crippen LogP contribution in [0.5, 0.6) is 0 Å². The molecule has 0 saturated carbocycles. The molecule has 0 atom stereocenters. The molecule has 0 unspecified atom stereocenters. The van der Waals surface area contributed by atoms with Crippen LogP contribution in [0, 0.1) is 40.9 Å². The monoisotopic (exact) mass is 558 g/mol. The first-order valence-electron chi connectivity index (χ1n) is 12.4. The number of hydrogen-bond donors (Lipinski definition) is 0. The van der Waals surface area contributed by atoms with Crippen molar-refractivity contribution < 1.29 is 35.1 Å². The Morgan fingerprint density at radius 2 is 1.07 bits per heavy atom. The average molecular weight is 559 g/mol. The van der Waals surface area contributed by atoms with Gasteiger partial charge in [0.2, 0.25) is 0 Å². The van der Waals surface area contributed by atoms with E-state index in [4.69, 9.17) is 0 Å². The molecule has 40 heavy (non-hydrogen) atoms. The van der Waals surface area contributed by atoms with E-state index in [-0.39, 0.29) is 11.1 Å². The zero-order valence-electron chi connectivity index (χ0n) is 21.2. The van der Waals surface area contributed by atoms with Gasteiger partial charge in [-0.1, -0.05) is 55.7 Å². The van der Waals surface area contributed by atoms with Crippen molar-refractivity contribution in [2.45, 2.75) is 38.8 Å². The Kier molecular flexibility index (Phi) is 8.63. The van der Waals surface area contributed by atoms with Gasteiger partial charge in [0.1, 0.15) is 29.1 Å². The Bertz CT molecular complexity index is 1540. The van der Waals surface area contributed by atoms with Crippen molar-refractivity contribution in [2.75, 3.05) is 0 Å². The van der Waals surface area contributed by atoms with Crippen LogP contribution in [0.3, 0.4) is 0 Å². The van der Waals surface area contributed by atoms with E-state index in [9.17, 15) is 35.1 Å². The predicted molar refractivity (Wildman–Crippen MR) is 138 cm³/mol. The van der Waals surface area contributed by atoms with Gasteiger partial charge in [0, 0.05) is 11.5 Å². The molecule has 206 valence electrons. The average Bonchev–Trinajstić information content (AvgIpc) is 2.87. The fourth-order valence-electron chi connectivity index (χ4n) is 4.37. The highest BCUT2D eigenvalue weighted by molar-refractivity contribution is 5.73. The third-order valence-corrected chi connectivity index (χ3v) is 6.31. The van der Waals surface area contributed by atoms with Crippen molar-refractivity contribution in [1.82, 2.24) is 0 Å². The van der Waals surface area contributed by atoms with Crippen LogP contribution in [0.1, 0.15) is 35.6 Å². The molecule has 0 amide bonds. The SMILES string of the molecule is CCCc1ccc(CCc2ccc(-c3cc(F)c(-c4cc(F)c(C#CC(F)(F)F)c(F)c4)c(F)c3)c(F)c2)cc1. The number of rotatable bonds is 7. The molecule has 4 rings (SSSR count). The van der Waals surface area contributed by atoms with E-state index in [0.717, 1.165) is 36.5 Å². The minimum atomic E-state index is -4.99. The molecule has 8 heteroatoms. The summed E-state index contributed by atoms with van der Waals surface area (Å²) in [6.45, 7) is 2.10. The first-order chi connectivity index (χ1) is 18.9. The van der Waals surface area contributed by atoms with E-state index in [2.05, 4.69) is 19.1 Å². The summed E-state index contributed by atoms with van der Waals surface area (Å²) >= 11 is 0. The summed E-state index contributed by atoms with van der Waals surface area (Å²) < 4.78 is 110. The normalized spacial score (nSPS) is 11.3. The maximum absolute atomic E-state index is 15.0. The van der Waals surface area contributed by atoms with Crippen molar-refractivity contribution in [3.05, 3.63) is 118 Å². The highest BCUT2D eigenvalue weighted by atomic mass is 19.4. The van der Waals surface area contributed by atoms with Crippen LogP contribution in [-0.2, 0) is 19.3 Å². The van der Waals surface area contributed by atoms with E-state index in [1.165, 1.54) is 23.6 Å². The quantitative estimate of drug-likeness (QED) is 0.157. The molecule has 4 aromatic rings. The molecule has 0 aliphatic heterocycles. The fraction of sp³-hybridized carbons (Fsp3) is 0.188. The molecular formula is C32H22F8. The molecule has 0 bridgehead atoms. The highest BCUT2D eigenvalue weighted by Crippen LogP contribution is 2.34. The molecular weight excluding hydrogens is 536 g/mol. The van der Waals surface area contributed by atoms with Gasteiger partial charge in [-0.3, -0.25) is 0 Å². The zero-order valence-corrected chi connectivity index (χ0v) is 21.2. The zero-order chi connectivity index (χ0) is 29.0. The lowest BCUT2D eigenvalue weighted by Gasteiger charge is -2.12. The van der Waals surface area contributed by atoms with Crippen LogP contribution < -0.4 is 0 Å². The van der Waals surface area contributed by atoms with Crippen molar-refractivity contribution in [3.63, 3.8) is 0 Å². The van der Waals surface area contributed by atoms with Crippen LogP contribution in [0.25, 0.3) is 22.3 Å². The van der Waals surface area contributed by atoms with Gasteiger partial charge in [0.25, 0.3) is 0 Å². The van der Waals surface area contributed by atoms with Gasteiger partial charge in [0.05, 0.1) is 11.1 Å². The maximum atomic E-state index is 15.0. The molecule has 0 nitrogen and oxygen atoms in total. The van der Waals surface area contributed by atoms with E-state index < -0.39 is 52.0 Å². The molecule has 0 heterocycles. The van der Waals surface area contributed by atoms with Gasteiger partial charge in [-0.25, -0.2) is 22.0 Å². The molecule has 0 radical (unpaired) electrons. The maximum Gasteiger partial charge on any atom is 0.458 e. The first-order valence-corrected chi connectivity index (χ1v) is 12.4. The van der Waals surface area contributed by atoms with Gasteiger partial charge < -0.3 is 0 Å².